The van der Waals surface area contributed by atoms with E-state index in [9.17, 15) is 13.2 Å². The number of carbonyl (C=O) groups is 1. The van der Waals surface area contributed by atoms with Crippen molar-refractivity contribution < 1.29 is 18.3 Å². The molecule has 0 aromatic heterocycles. The maximum absolute atomic E-state index is 11.6. The number of nitrogens with one attached hydrogen (secondary N) is 1. The summed E-state index contributed by atoms with van der Waals surface area (Å²) in [7, 11) is -2.11. The van der Waals surface area contributed by atoms with Crippen molar-refractivity contribution in [3.8, 4) is 0 Å². The van der Waals surface area contributed by atoms with Crippen LogP contribution in [0, 0.1) is 5.92 Å². The summed E-state index contributed by atoms with van der Waals surface area (Å²) >= 11 is 0. The smallest absolute Gasteiger partial charge is 0.323 e. The molecule has 1 aromatic carbocycles. The van der Waals surface area contributed by atoms with Crippen molar-refractivity contribution in [2.45, 2.75) is 17.7 Å². The number of nitrogens with zero attached hydrogens (tertiary/aromatic N) is 1. The average Bonchev–Trinajstić information content (AvgIpc) is 3.21. The zero-order valence-electron chi connectivity index (χ0n) is 11.2. The SMILES string of the molecule is CNS(=O)(=O)c1ccc(N(CC(=O)O)CC2CC2)cc1. The highest BCUT2D eigenvalue weighted by molar-refractivity contribution is 7.89. The fraction of sp³-hybridized carbons (Fsp3) is 0.462. The lowest BCUT2D eigenvalue weighted by molar-refractivity contribution is -0.135. The van der Waals surface area contributed by atoms with Crippen LogP contribution in [0.5, 0.6) is 0 Å². The minimum atomic E-state index is -3.46. The molecular formula is C13H18N2O4S. The lowest BCUT2D eigenvalue weighted by atomic mass is 10.2. The number of hydrogen-bond acceptors (Lipinski definition) is 4. The molecule has 0 amide bonds. The van der Waals surface area contributed by atoms with Crippen molar-refractivity contribution in [3.05, 3.63) is 24.3 Å². The largest absolute Gasteiger partial charge is 0.480 e. The van der Waals surface area contributed by atoms with E-state index in [1.54, 1.807) is 17.0 Å². The zero-order chi connectivity index (χ0) is 14.8. The molecule has 0 bridgehead atoms. The number of anilines is 1. The molecule has 1 fully saturated rings. The van der Waals surface area contributed by atoms with E-state index in [1.807, 2.05) is 0 Å². The van der Waals surface area contributed by atoms with Gasteiger partial charge in [0.1, 0.15) is 6.54 Å². The van der Waals surface area contributed by atoms with Gasteiger partial charge in [-0.1, -0.05) is 0 Å². The van der Waals surface area contributed by atoms with Gasteiger partial charge in [-0.15, -0.1) is 0 Å². The Morgan fingerprint density at radius 1 is 1.35 bits per heavy atom. The number of hydrogen-bond donors (Lipinski definition) is 2. The molecule has 110 valence electrons. The lowest BCUT2D eigenvalue weighted by Crippen LogP contribution is -2.31. The van der Waals surface area contributed by atoms with E-state index in [1.165, 1.54) is 19.2 Å². The van der Waals surface area contributed by atoms with Crippen LogP contribution >= 0.6 is 0 Å². The van der Waals surface area contributed by atoms with Crippen LogP contribution in [0.1, 0.15) is 12.8 Å². The first-order valence-corrected chi connectivity index (χ1v) is 7.91. The summed E-state index contributed by atoms with van der Waals surface area (Å²) in [6.45, 7) is 0.624. The number of carboxylic acids is 1. The van der Waals surface area contributed by atoms with Crippen LogP contribution < -0.4 is 9.62 Å². The van der Waals surface area contributed by atoms with Gasteiger partial charge in [-0.3, -0.25) is 4.79 Å². The van der Waals surface area contributed by atoms with E-state index in [-0.39, 0.29) is 11.4 Å². The molecule has 0 aliphatic heterocycles. The first-order valence-electron chi connectivity index (χ1n) is 6.43. The Morgan fingerprint density at radius 3 is 2.40 bits per heavy atom. The van der Waals surface area contributed by atoms with E-state index in [0.717, 1.165) is 18.5 Å². The van der Waals surface area contributed by atoms with Crippen molar-refractivity contribution in [1.29, 1.82) is 0 Å². The Balaban J connectivity index is 2.18. The van der Waals surface area contributed by atoms with E-state index in [2.05, 4.69) is 4.72 Å². The molecule has 0 atom stereocenters. The average molecular weight is 298 g/mol. The molecule has 6 nitrogen and oxygen atoms in total. The van der Waals surface area contributed by atoms with Crippen LogP contribution in [0.25, 0.3) is 0 Å². The maximum Gasteiger partial charge on any atom is 0.323 e. The minimum absolute atomic E-state index is 0.0748. The van der Waals surface area contributed by atoms with Gasteiger partial charge >= 0.3 is 5.97 Å². The molecule has 0 unspecified atom stereocenters. The van der Waals surface area contributed by atoms with Crippen LogP contribution in [0.4, 0.5) is 5.69 Å². The molecule has 2 rings (SSSR count). The molecule has 0 spiro atoms. The molecule has 0 radical (unpaired) electrons. The third kappa shape index (κ3) is 3.71. The van der Waals surface area contributed by atoms with Crippen LogP contribution in [0.15, 0.2) is 29.2 Å². The summed E-state index contributed by atoms with van der Waals surface area (Å²) < 4.78 is 25.5. The third-order valence-electron chi connectivity index (χ3n) is 3.28. The second kappa shape index (κ2) is 5.80. The molecule has 20 heavy (non-hydrogen) atoms. The Bertz CT molecular complexity index is 579. The number of benzene rings is 1. The quantitative estimate of drug-likeness (QED) is 0.781. The summed E-state index contributed by atoms with van der Waals surface area (Å²) in [4.78, 5) is 12.9. The van der Waals surface area contributed by atoms with Gasteiger partial charge in [0.05, 0.1) is 4.90 Å². The van der Waals surface area contributed by atoms with Crippen LogP contribution in [0.2, 0.25) is 0 Å². The van der Waals surface area contributed by atoms with Gasteiger partial charge in [-0.2, -0.15) is 0 Å². The molecule has 2 N–H and O–H groups in total. The highest BCUT2D eigenvalue weighted by Crippen LogP contribution is 2.31. The van der Waals surface area contributed by atoms with Gasteiger partial charge in [0.2, 0.25) is 10.0 Å². The van der Waals surface area contributed by atoms with E-state index in [4.69, 9.17) is 5.11 Å². The monoisotopic (exact) mass is 298 g/mol. The second-order valence-electron chi connectivity index (χ2n) is 4.92. The van der Waals surface area contributed by atoms with Gasteiger partial charge in [0.15, 0.2) is 0 Å². The first-order chi connectivity index (χ1) is 9.42. The Kier molecular flexibility index (Phi) is 4.29. The topological polar surface area (TPSA) is 86.7 Å². The Morgan fingerprint density at radius 2 is 1.95 bits per heavy atom. The predicted octanol–water partition coefficient (Wildman–Crippen LogP) is 0.896. The number of rotatable bonds is 7. The van der Waals surface area contributed by atoms with Gasteiger partial charge < -0.3 is 10.0 Å². The summed E-state index contributed by atoms with van der Waals surface area (Å²) in [6, 6.07) is 6.27. The van der Waals surface area contributed by atoms with E-state index >= 15 is 0 Å². The minimum Gasteiger partial charge on any atom is -0.480 e. The summed E-state index contributed by atoms with van der Waals surface area (Å²) in [6.07, 6.45) is 2.25. The molecule has 1 aromatic rings. The van der Waals surface area contributed by atoms with E-state index < -0.39 is 16.0 Å². The molecule has 1 saturated carbocycles. The van der Waals surface area contributed by atoms with Crippen molar-refractivity contribution in [2.75, 3.05) is 25.0 Å². The van der Waals surface area contributed by atoms with Crippen molar-refractivity contribution >= 4 is 21.7 Å². The fourth-order valence-corrected chi connectivity index (χ4v) is 2.72. The van der Waals surface area contributed by atoms with Crippen molar-refractivity contribution in [3.63, 3.8) is 0 Å². The predicted molar refractivity (Wildman–Crippen MR) is 75.3 cm³/mol. The number of aliphatic carboxylic acids is 1. The molecular weight excluding hydrogens is 280 g/mol. The summed E-state index contributed by atoms with van der Waals surface area (Å²) in [5.41, 5.74) is 0.731. The number of carboxylic acid groups (broad SMARTS) is 1. The first kappa shape index (κ1) is 14.8. The molecule has 0 heterocycles. The van der Waals surface area contributed by atoms with Crippen molar-refractivity contribution in [2.24, 2.45) is 5.92 Å². The van der Waals surface area contributed by atoms with Crippen molar-refractivity contribution in [1.82, 2.24) is 4.72 Å². The lowest BCUT2D eigenvalue weighted by Gasteiger charge is -2.23. The van der Waals surface area contributed by atoms with Gasteiger partial charge in [0, 0.05) is 12.2 Å². The maximum atomic E-state index is 11.6. The standard InChI is InChI=1S/C13H18N2O4S/c1-14-20(18,19)12-6-4-11(5-7-12)15(9-13(16)17)8-10-2-3-10/h4-7,10,14H,2-3,8-9H2,1H3,(H,16,17). The van der Waals surface area contributed by atoms with Gasteiger partial charge in [0.25, 0.3) is 0 Å². The normalized spacial score (nSPS) is 15.1. The highest BCUT2D eigenvalue weighted by Gasteiger charge is 2.25. The summed E-state index contributed by atoms with van der Waals surface area (Å²) in [5, 5.41) is 8.95. The molecule has 7 heteroatoms. The molecule has 1 aliphatic carbocycles. The van der Waals surface area contributed by atoms with Gasteiger partial charge in [-0.25, -0.2) is 13.1 Å². The Labute approximate surface area is 118 Å². The zero-order valence-corrected chi connectivity index (χ0v) is 12.1. The van der Waals surface area contributed by atoms with Crippen LogP contribution in [-0.4, -0.2) is 39.6 Å². The highest BCUT2D eigenvalue weighted by atomic mass is 32.2. The third-order valence-corrected chi connectivity index (χ3v) is 4.71. The van der Waals surface area contributed by atoms with Crippen LogP contribution in [-0.2, 0) is 14.8 Å². The van der Waals surface area contributed by atoms with E-state index in [0.29, 0.717) is 12.5 Å². The Hall–Kier alpha value is -1.60. The fourth-order valence-electron chi connectivity index (χ4n) is 1.99. The second-order valence-corrected chi connectivity index (χ2v) is 6.81. The van der Waals surface area contributed by atoms with Crippen LogP contribution in [0.3, 0.4) is 0 Å². The number of sulfonamides is 1. The van der Waals surface area contributed by atoms with Gasteiger partial charge in [-0.05, 0) is 50.1 Å². The summed E-state index contributed by atoms with van der Waals surface area (Å²) in [5.74, 6) is -0.340. The molecule has 1 aliphatic rings. The molecule has 0 saturated heterocycles.